The minimum Gasteiger partial charge on any atom is -0.486 e. The predicted octanol–water partition coefficient (Wildman–Crippen LogP) is 3.14. The van der Waals surface area contributed by atoms with Gasteiger partial charge in [-0.05, 0) is 43.4 Å². The number of carbonyl (C=O) groups is 1. The molecule has 1 aliphatic carbocycles. The van der Waals surface area contributed by atoms with Crippen LogP contribution in [-0.2, 0) is 0 Å². The zero-order valence-corrected chi connectivity index (χ0v) is 13.5. The highest BCUT2D eigenvalue weighted by molar-refractivity contribution is 9.09. The third-order valence-electron chi connectivity index (χ3n) is 4.07. The molecule has 0 radical (unpaired) electrons. The molecule has 1 aromatic carbocycles. The molecule has 4 nitrogen and oxygen atoms in total. The zero-order valence-electron chi connectivity index (χ0n) is 11.9. The molecule has 1 saturated carbocycles. The fraction of sp³-hybridized carbons (Fsp3) is 0.562. The second kappa shape index (κ2) is 6.69. The number of amides is 1. The van der Waals surface area contributed by atoms with Crippen LogP contribution in [0, 0.1) is 5.92 Å². The van der Waals surface area contributed by atoms with Crippen molar-refractivity contribution in [3.05, 3.63) is 23.8 Å². The topological polar surface area (TPSA) is 47.6 Å². The van der Waals surface area contributed by atoms with Crippen molar-refractivity contribution in [1.82, 2.24) is 5.32 Å². The molecule has 1 heterocycles. The van der Waals surface area contributed by atoms with E-state index >= 15 is 0 Å². The Morgan fingerprint density at radius 2 is 2.05 bits per heavy atom. The van der Waals surface area contributed by atoms with E-state index in [0.29, 0.717) is 41.0 Å². The van der Waals surface area contributed by atoms with Crippen molar-refractivity contribution in [1.29, 1.82) is 0 Å². The minimum atomic E-state index is -0.0383. The molecule has 2 unspecified atom stereocenters. The first kappa shape index (κ1) is 14.7. The highest BCUT2D eigenvalue weighted by Crippen LogP contribution is 2.31. The van der Waals surface area contributed by atoms with Crippen LogP contribution < -0.4 is 14.8 Å². The maximum Gasteiger partial charge on any atom is 0.251 e. The molecule has 1 fully saturated rings. The molecule has 0 saturated heterocycles. The van der Waals surface area contributed by atoms with Crippen LogP contribution in [0.5, 0.6) is 11.5 Å². The van der Waals surface area contributed by atoms with Gasteiger partial charge in [0, 0.05) is 16.9 Å². The summed E-state index contributed by atoms with van der Waals surface area (Å²) in [5.74, 6) is 1.91. The Morgan fingerprint density at radius 3 is 2.86 bits per heavy atom. The van der Waals surface area contributed by atoms with E-state index in [2.05, 4.69) is 21.2 Å². The average Bonchev–Trinajstić information content (AvgIpc) is 2.52. The van der Waals surface area contributed by atoms with Crippen LogP contribution in [-0.4, -0.2) is 30.5 Å². The number of rotatable bonds is 3. The average molecular weight is 354 g/mol. The lowest BCUT2D eigenvalue weighted by Crippen LogP contribution is -2.32. The fourth-order valence-corrected chi connectivity index (χ4v) is 3.79. The number of fused-ring (bicyclic) bond motifs is 1. The van der Waals surface area contributed by atoms with E-state index < -0.39 is 0 Å². The van der Waals surface area contributed by atoms with Crippen LogP contribution in [0.4, 0.5) is 0 Å². The maximum absolute atomic E-state index is 12.2. The molecular weight excluding hydrogens is 334 g/mol. The number of halogens is 1. The monoisotopic (exact) mass is 353 g/mol. The summed E-state index contributed by atoms with van der Waals surface area (Å²) in [7, 11) is 0. The number of alkyl halides is 1. The molecular formula is C16H20BrNO3. The lowest BCUT2D eigenvalue weighted by atomic mass is 9.89. The Hall–Kier alpha value is -1.23. The molecule has 21 heavy (non-hydrogen) atoms. The lowest BCUT2D eigenvalue weighted by molar-refractivity contribution is 0.0942. The molecule has 5 heteroatoms. The Kier molecular flexibility index (Phi) is 4.68. The molecule has 114 valence electrons. The highest BCUT2D eigenvalue weighted by atomic mass is 79.9. The number of ether oxygens (including phenoxy) is 2. The number of carbonyl (C=O) groups excluding carboxylic acids is 1. The Labute approximate surface area is 133 Å². The summed E-state index contributed by atoms with van der Waals surface area (Å²) < 4.78 is 11.0. The highest BCUT2D eigenvalue weighted by Gasteiger charge is 2.21. The van der Waals surface area contributed by atoms with Gasteiger partial charge in [-0.25, -0.2) is 0 Å². The number of hydrogen-bond acceptors (Lipinski definition) is 3. The van der Waals surface area contributed by atoms with Gasteiger partial charge in [0.25, 0.3) is 5.91 Å². The largest absolute Gasteiger partial charge is 0.486 e. The first-order valence-electron chi connectivity index (χ1n) is 7.54. The zero-order chi connectivity index (χ0) is 14.7. The Bertz CT molecular complexity index is 520. The van der Waals surface area contributed by atoms with Gasteiger partial charge in [-0.2, -0.15) is 0 Å². The van der Waals surface area contributed by atoms with Gasteiger partial charge in [0.2, 0.25) is 0 Å². The van der Waals surface area contributed by atoms with Crippen molar-refractivity contribution in [2.75, 3.05) is 19.8 Å². The van der Waals surface area contributed by atoms with E-state index in [1.165, 1.54) is 19.3 Å². The molecule has 2 atom stereocenters. The normalized spacial score (nSPS) is 24.4. The molecule has 1 amide bonds. The van der Waals surface area contributed by atoms with Gasteiger partial charge in [0.05, 0.1) is 0 Å². The Balaban J connectivity index is 1.57. The minimum absolute atomic E-state index is 0.0383. The van der Waals surface area contributed by atoms with Crippen LogP contribution >= 0.6 is 15.9 Å². The summed E-state index contributed by atoms with van der Waals surface area (Å²) in [6, 6.07) is 5.35. The molecule has 1 N–H and O–H groups in total. The lowest BCUT2D eigenvalue weighted by Gasteiger charge is -2.25. The van der Waals surface area contributed by atoms with Gasteiger partial charge in [0.15, 0.2) is 11.5 Å². The summed E-state index contributed by atoms with van der Waals surface area (Å²) in [6.45, 7) is 1.84. The van der Waals surface area contributed by atoms with Gasteiger partial charge in [-0.3, -0.25) is 4.79 Å². The molecule has 1 aliphatic heterocycles. The summed E-state index contributed by atoms with van der Waals surface area (Å²) >= 11 is 3.68. The van der Waals surface area contributed by atoms with E-state index in [1.54, 1.807) is 18.2 Å². The van der Waals surface area contributed by atoms with Crippen molar-refractivity contribution in [3.63, 3.8) is 0 Å². The molecule has 0 spiro atoms. The van der Waals surface area contributed by atoms with Crippen molar-refractivity contribution < 1.29 is 14.3 Å². The van der Waals surface area contributed by atoms with Gasteiger partial charge < -0.3 is 14.8 Å². The number of hydrogen-bond donors (Lipinski definition) is 1. The molecule has 2 aliphatic rings. The Morgan fingerprint density at radius 1 is 1.24 bits per heavy atom. The number of benzene rings is 1. The quantitative estimate of drug-likeness (QED) is 0.849. The summed E-state index contributed by atoms with van der Waals surface area (Å²) in [4.78, 5) is 12.8. The van der Waals surface area contributed by atoms with E-state index in [9.17, 15) is 4.79 Å². The van der Waals surface area contributed by atoms with Crippen LogP contribution in [0.3, 0.4) is 0 Å². The van der Waals surface area contributed by atoms with Gasteiger partial charge in [-0.15, -0.1) is 0 Å². The van der Waals surface area contributed by atoms with Crippen molar-refractivity contribution >= 4 is 21.8 Å². The third kappa shape index (κ3) is 3.70. The van der Waals surface area contributed by atoms with Crippen molar-refractivity contribution in [3.8, 4) is 11.5 Å². The van der Waals surface area contributed by atoms with Crippen LogP contribution in [0.15, 0.2) is 18.2 Å². The molecule has 3 rings (SSSR count). The van der Waals surface area contributed by atoms with E-state index in [4.69, 9.17) is 9.47 Å². The smallest absolute Gasteiger partial charge is 0.251 e. The standard InChI is InChI=1S/C16H20BrNO3/c17-13-3-1-2-11(8-13)10-18-16(19)12-4-5-14-15(9-12)21-7-6-20-14/h4-5,9,11,13H,1-3,6-8,10H2,(H,18,19). The maximum atomic E-state index is 12.2. The van der Waals surface area contributed by atoms with Crippen LogP contribution in [0.2, 0.25) is 0 Å². The van der Waals surface area contributed by atoms with Gasteiger partial charge >= 0.3 is 0 Å². The van der Waals surface area contributed by atoms with Gasteiger partial charge in [0.1, 0.15) is 13.2 Å². The first-order valence-corrected chi connectivity index (χ1v) is 8.46. The summed E-state index contributed by atoms with van der Waals surface area (Å²) in [5.41, 5.74) is 0.630. The van der Waals surface area contributed by atoms with Crippen LogP contribution in [0.1, 0.15) is 36.0 Å². The second-order valence-corrected chi connectivity index (χ2v) is 6.99. The second-order valence-electron chi connectivity index (χ2n) is 5.70. The summed E-state index contributed by atoms with van der Waals surface area (Å²) in [6.07, 6.45) is 4.82. The molecule has 0 bridgehead atoms. The molecule has 1 aromatic rings. The number of nitrogens with one attached hydrogen (secondary N) is 1. The molecule has 0 aromatic heterocycles. The predicted molar refractivity (Wildman–Crippen MR) is 84.4 cm³/mol. The fourth-order valence-electron chi connectivity index (χ4n) is 2.93. The summed E-state index contributed by atoms with van der Waals surface area (Å²) in [5, 5.41) is 3.04. The van der Waals surface area contributed by atoms with E-state index in [1.807, 2.05) is 0 Å². The van der Waals surface area contributed by atoms with E-state index in [0.717, 1.165) is 13.0 Å². The van der Waals surface area contributed by atoms with E-state index in [-0.39, 0.29) is 5.91 Å². The van der Waals surface area contributed by atoms with Crippen LogP contribution in [0.25, 0.3) is 0 Å². The van der Waals surface area contributed by atoms with Crippen molar-refractivity contribution in [2.45, 2.75) is 30.5 Å². The van der Waals surface area contributed by atoms with Crippen molar-refractivity contribution in [2.24, 2.45) is 5.92 Å². The first-order chi connectivity index (χ1) is 10.2. The SMILES string of the molecule is O=C(NCC1CCCC(Br)C1)c1ccc2c(c1)OCCO2. The third-order valence-corrected chi connectivity index (χ3v) is 4.91. The van der Waals surface area contributed by atoms with Gasteiger partial charge in [-0.1, -0.05) is 22.4 Å².